The molecule has 64 valence electrons. The Morgan fingerprint density at radius 3 is 2.67 bits per heavy atom. The number of hydrogen-bond acceptors (Lipinski definition) is 3. The smallest absolute Gasteiger partial charge is 0.289 e. The predicted molar refractivity (Wildman–Crippen MR) is 55.3 cm³/mol. The minimum absolute atomic E-state index is 0.123. The van der Waals surface area contributed by atoms with Crippen molar-refractivity contribution in [2.45, 2.75) is 6.54 Å². The van der Waals surface area contributed by atoms with Gasteiger partial charge in [-0.25, -0.2) is 0 Å². The molecule has 1 N–H and O–H groups in total. The molecule has 0 spiro atoms. The lowest BCUT2D eigenvalue weighted by molar-refractivity contribution is 0.260. The predicted octanol–water partition coefficient (Wildman–Crippen LogP) is 2.47. The van der Waals surface area contributed by atoms with Gasteiger partial charge in [0, 0.05) is 17.3 Å². The number of carbonyl (C=O) groups is 1. The van der Waals surface area contributed by atoms with Crippen molar-refractivity contribution in [3.63, 3.8) is 0 Å². The van der Waals surface area contributed by atoms with Gasteiger partial charge in [-0.1, -0.05) is 30.3 Å². The van der Waals surface area contributed by atoms with E-state index in [1.807, 2.05) is 30.3 Å². The first-order chi connectivity index (χ1) is 5.83. The van der Waals surface area contributed by atoms with Crippen LogP contribution < -0.4 is 5.32 Å². The van der Waals surface area contributed by atoms with Crippen molar-refractivity contribution in [1.29, 1.82) is 0 Å². The van der Waals surface area contributed by atoms with Crippen molar-refractivity contribution < 1.29 is 4.79 Å². The molecule has 0 saturated heterocycles. The third-order valence-corrected chi connectivity index (χ3v) is 2.17. The fraction of sp³-hybridized carbons (Fsp3) is 0.125. The van der Waals surface area contributed by atoms with Crippen LogP contribution in [0, 0.1) is 0 Å². The van der Waals surface area contributed by atoms with E-state index in [-0.39, 0.29) is 5.24 Å². The molecule has 0 aliphatic heterocycles. The van der Waals surface area contributed by atoms with E-state index in [2.05, 4.69) is 17.0 Å². The zero-order valence-electron chi connectivity index (χ0n) is 6.36. The average Bonchev–Trinajstić information content (AvgIpc) is 2.16. The van der Waals surface area contributed by atoms with Crippen molar-refractivity contribution >= 4 is 27.7 Å². The van der Waals surface area contributed by atoms with E-state index in [1.54, 1.807) is 0 Å². The Hall–Kier alpha value is -0.610. The monoisotopic (exact) mass is 199 g/mol. The number of carbonyl (C=O) groups excluding carboxylic acids is 1. The lowest BCUT2D eigenvalue weighted by Gasteiger charge is -2.01. The summed E-state index contributed by atoms with van der Waals surface area (Å²) in [6.45, 7) is 0.563. The van der Waals surface area contributed by atoms with Crippen LogP contribution in [0.5, 0.6) is 0 Å². The molecule has 0 aliphatic rings. The highest BCUT2D eigenvalue weighted by atomic mass is 33.1. The fourth-order valence-electron chi connectivity index (χ4n) is 0.802. The maximum atomic E-state index is 10.8. The summed E-state index contributed by atoms with van der Waals surface area (Å²) in [7, 11) is 0.888. The van der Waals surface area contributed by atoms with Crippen LogP contribution in [0.2, 0.25) is 0 Å². The molecule has 1 aromatic rings. The van der Waals surface area contributed by atoms with E-state index in [9.17, 15) is 4.79 Å². The van der Waals surface area contributed by atoms with Crippen LogP contribution >= 0.6 is 22.5 Å². The molecule has 2 nitrogen and oxygen atoms in total. The molecule has 12 heavy (non-hydrogen) atoms. The lowest BCUT2D eigenvalue weighted by Crippen LogP contribution is -2.16. The third-order valence-electron chi connectivity index (χ3n) is 1.36. The van der Waals surface area contributed by atoms with Crippen LogP contribution in [-0.4, -0.2) is 5.24 Å². The Bertz CT molecular complexity index is 250. The molecular formula is C8H9NOS2. The minimum atomic E-state index is -0.123. The number of nitrogens with one attached hydrogen (secondary N) is 1. The summed E-state index contributed by atoms with van der Waals surface area (Å²) in [4.78, 5) is 10.8. The number of benzene rings is 1. The van der Waals surface area contributed by atoms with E-state index in [4.69, 9.17) is 0 Å². The molecule has 0 radical (unpaired) electrons. The second-order valence-corrected chi connectivity index (χ2v) is 3.32. The average molecular weight is 199 g/mol. The zero-order chi connectivity index (χ0) is 8.81. The summed E-state index contributed by atoms with van der Waals surface area (Å²) in [6.07, 6.45) is 0. The van der Waals surface area contributed by atoms with Crippen molar-refractivity contribution in [1.82, 2.24) is 5.32 Å². The molecule has 1 rings (SSSR count). The van der Waals surface area contributed by atoms with Gasteiger partial charge in [-0.05, 0) is 5.56 Å². The van der Waals surface area contributed by atoms with Gasteiger partial charge in [-0.3, -0.25) is 4.79 Å². The van der Waals surface area contributed by atoms with Crippen LogP contribution in [0.15, 0.2) is 30.3 Å². The Kier molecular flexibility index (Phi) is 4.04. The van der Waals surface area contributed by atoms with Gasteiger partial charge in [-0.2, -0.15) is 0 Å². The van der Waals surface area contributed by atoms with Crippen molar-refractivity contribution in [3.05, 3.63) is 35.9 Å². The molecule has 0 heterocycles. The number of thiol groups is 1. The summed E-state index contributed by atoms with van der Waals surface area (Å²) >= 11 is 3.77. The first-order valence-corrected chi connectivity index (χ1v) is 5.33. The highest BCUT2D eigenvalue weighted by molar-refractivity contribution is 8.74. The molecular weight excluding hydrogens is 190 g/mol. The maximum Gasteiger partial charge on any atom is 0.289 e. The molecule has 0 unspecified atom stereocenters. The van der Waals surface area contributed by atoms with Gasteiger partial charge in [0.25, 0.3) is 5.24 Å². The minimum Gasteiger partial charge on any atom is -0.342 e. The van der Waals surface area contributed by atoms with E-state index >= 15 is 0 Å². The SMILES string of the molecule is O=C(NCc1ccccc1)SS. The Labute approximate surface area is 80.6 Å². The van der Waals surface area contributed by atoms with Gasteiger partial charge >= 0.3 is 0 Å². The molecule has 0 atom stereocenters. The molecule has 4 heteroatoms. The summed E-state index contributed by atoms with van der Waals surface area (Å²) in [5, 5.41) is 2.57. The quantitative estimate of drug-likeness (QED) is 0.566. The molecule has 1 amide bonds. The standard InChI is InChI=1S/C8H9NOS2/c10-8(12-11)9-6-7-4-2-1-3-5-7/h1-5,11H,6H2,(H,9,10). The second-order valence-electron chi connectivity index (χ2n) is 2.22. The van der Waals surface area contributed by atoms with Crippen molar-refractivity contribution in [2.24, 2.45) is 0 Å². The summed E-state index contributed by atoms with van der Waals surface area (Å²) in [5.41, 5.74) is 1.09. The van der Waals surface area contributed by atoms with Gasteiger partial charge in [-0.15, -0.1) is 11.7 Å². The maximum absolute atomic E-state index is 10.8. The molecule has 0 bridgehead atoms. The highest BCUT2D eigenvalue weighted by Crippen LogP contribution is 2.06. The Balaban J connectivity index is 2.38. The number of rotatable bonds is 2. The van der Waals surface area contributed by atoms with Gasteiger partial charge in [0.05, 0.1) is 0 Å². The van der Waals surface area contributed by atoms with Crippen LogP contribution in [0.1, 0.15) is 5.56 Å². The van der Waals surface area contributed by atoms with Crippen molar-refractivity contribution in [3.8, 4) is 0 Å². The molecule has 1 aromatic carbocycles. The van der Waals surface area contributed by atoms with Crippen molar-refractivity contribution in [2.75, 3.05) is 0 Å². The van der Waals surface area contributed by atoms with E-state index < -0.39 is 0 Å². The molecule has 0 aromatic heterocycles. The first-order valence-electron chi connectivity index (χ1n) is 3.46. The molecule has 0 saturated carbocycles. The Morgan fingerprint density at radius 2 is 2.08 bits per heavy atom. The topological polar surface area (TPSA) is 29.1 Å². The fourth-order valence-corrected chi connectivity index (χ4v) is 1.13. The van der Waals surface area contributed by atoms with Crippen LogP contribution in [-0.2, 0) is 6.54 Å². The van der Waals surface area contributed by atoms with E-state index in [0.29, 0.717) is 6.54 Å². The highest BCUT2D eigenvalue weighted by Gasteiger charge is 1.96. The van der Waals surface area contributed by atoms with Crippen LogP contribution in [0.25, 0.3) is 0 Å². The van der Waals surface area contributed by atoms with Gasteiger partial charge in [0.15, 0.2) is 0 Å². The molecule has 0 fully saturated rings. The second kappa shape index (κ2) is 5.11. The zero-order valence-corrected chi connectivity index (χ0v) is 8.07. The first kappa shape index (κ1) is 9.48. The summed E-state index contributed by atoms with van der Waals surface area (Å²) in [6, 6.07) is 9.75. The summed E-state index contributed by atoms with van der Waals surface area (Å²) in [5.74, 6) is 0. The van der Waals surface area contributed by atoms with Gasteiger partial charge in [0.2, 0.25) is 0 Å². The third kappa shape index (κ3) is 3.19. The lowest BCUT2D eigenvalue weighted by atomic mass is 10.2. The van der Waals surface area contributed by atoms with Gasteiger partial charge < -0.3 is 5.32 Å². The normalized spacial score (nSPS) is 9.42. The Morgan fingerprint density at radius 1 is 1.42 bits per heavy atom. The largest absolute Gasteiger partial charge is 0.342 e. The van der Waals surface area contributed by atoms with Gasteiger partial charge in [0.1, 0.15) is 0 Å². The van der Waals surface area contributed by atoms with Crippen LogP contribution in [0.4, 0.5) is 4.79 Å². The molecule has 0 aliphatic carbocycles. The van der Waals surface area contributed by atoms with Crippen LogP contribution in [0.3, 0.4) is 0 Å². The number of amides is 1. The van der Waals surface area contributed by atoms with E-state index in [0.717, 1.165) is 16.4 Å². The van der Waals surface area contributed by atoms with E-state index in [1.165, 1.54) is 0 Å². The summed E-state index contributed by atoms with van der Waals surface area (Å²) < 4.78 is 0. The number of hydrogen-bond donors (Lipinski definition) is 2.